The maximum atomic E-state index is 5.93. The van der Waals surface area contributed by atoms with E-state index in [-0.39, 0.29) is 0 Å². The minimum absolute atomic E-state index is 0.830. The molecule has 18 heavy (non-hydrogen) atoms. The largest absolute Gasteiger partial charge is 0.462 e. The van der Waals surface area contributed by atoms with Crippen LogP contribution in [0.5, 0.6) is 11.5 Å². The zero-order chi connectivity index (χ0) is 12.3. The molecule has 0 saturated carbocycles. The molecular formula is C14H6Br2O2. The zero-order valence-corrected chi connectivity index (χ0v) is 12.2. The standard InChI is InChI=1S/C14H6Br2O2/c15-7-1-2-8-9-6-17-14-10(16)3-4-11(13(9)14)18-12(8)5-7/h1-6H. The second-order valence-electron chi connectivity index (χ2n) is 4.14. The predicted molar refractivity (Wildman–Crippen MR) is 77.1 cm³/mol. The summed E-state index contributed by atoms with van der Waals surface area (Å²) in [5.41, 5.74) is 2.97. The third-order valence-corrected chi connectivity index (χ3v) is 4.21. The second kappa shape index (κ2) is 3.62. The van der Waals surface area contributed by atoms with Gasteiger partial charge in [-0.05, 0) is 46.3 Å². The summed E-state index contributed by atoms with van der Waals surface area (Å²) in [6.07, 6.45) is 1.79. The Morgan fingerprint density at radius 3 is 2.67 bits per heavy atom. The normalized spacial score (nSPS) is 12.3. The first-order valence-electron chi connectivity index (χ1n) is 5.41. The number of rotatable bonds is 0. The zero-order valence-electron chi connectivity index (χ0n) is 9.04. The van der Waals surface area contributed by atoms with Crippen molar-refractivity contribution in [3.8, 4) is 22.6 Å². The molecule has 4 heteroatoms. The molecule has 0 aliphatic carbocycles. The van der Waals surface area contributed by atoms with Gasteiger partial charge < -0.3 is 9.15 Å². The van der Waals surface area contributed by atoms with Crippen LogP contribution in [0.4, 0.5) is 0 Å². The van der Waals surface area contributed by atoms with Gasteiger partial charge in [-0.1, -0.05) is 15.9 Å². The summed E-state index contributed by atoms with van der Waals surface area (Å²) in [4.78, 5) is 0. The van der Waals surface area contributed by atoms with Crippen LogP contribution in [-0.4, -0.2) is 0 Å². The van der Waals surface area contributed by atoms with Gasteiger partial charge in [0.25, 0.3) is 0 Å². The Bertz CT molecular complexity index is 790. The fourth-order valence-electron chi connectivity index (χ4n) is 2.29. The molecule has 2 aromatic carbocycles. The van der Waals surface area contributed by atoms with E-state index in [1.165, 1.54) is 0 Å². The van der Waals surface area contributed by atoms with E-state index in [1.807, 2.05) is 30.3 Å². The van der Waals surface area contributed by atoms with Crippen LogP contribution < -0.4 is 4.74 Å². The third-order valence-electron chi connectivity index (χ3n) is 3.09. The highest BCUT2D eigenvalue weighted by Gasteiger charge is 2.23. The molecule has 0 amide bonds. The van der Waals surface area contributed by atoms with Crippen molar-refractivity contribution >= 4 is 42.8 Å². The van der Waals surface area contributed by atoms with Crippen LogP contribution in [0.25, 0.3) is 22.1 Å². The quantitative estimate of drug-likeness (QED) is 0.397. The van der Waals surface area contributed by atoms with Crippen molar-refractivity contribution in [3.63, 3.8) is 0 Å². The van der Waals surface area contributed by atoms with Gasteiger partial charge >= 0.3 is 0 Å². The molecule has 3 aromatic rings. The number of ether oxygens (including phenoxy) is 1. The van der Waals surface area contributed by atoms with E-state index < -0.39 is 0 Å². The van der Waals surface area contributed by atoms with Gasteiger partial charge in [-0.25, -0.2) is 0 Å². The third kappa shape index (κ3) is 1.33. The SMILES string of the molecule is Brc1ccc2c(c1)Oc1ccc(Br)c3occ-2c13. The maximum Gasteiger partial charge on any atom is 0.152 e. The van der Waals surface area contributed by atoms with Gasteiger partial charge in [0.2, 0.25) is 0 Å². The molecule has 0 N–H and O–H groups in total. The van der Waals surface area contributed by atoms with Gasteiger partial charge in [-0.15, -0.1) is 0 Å². The Labute approximate surface area is 120 Å². The molecule has 88 valence electrons. The monoisotopic (exact) mass is 364 g/mol. The van der Waals surface area contributed by atoms with Crippen molar-refractivity contribution < 1.29 is 9.15 Å². The number of furan rings is 1. The first-order valence-corrected chi connectivity index (χ1v) is 7.00. The minimum Gasteiger partial charge on any atom is -0.462 e. The lowest BCUT2D eigenvalue weighted by Gasteiger charge is -2.17. The second-order valence-corrected chi connectivity index (χ2v) is 5.91. The van der Waals surface area contributed by atoms with E-state index in [0.29, 0.717) is 0 Å². The van der Waals surface area contributed by atoms with E-state index in [4.69, 9.17) is 9.15 Å². The fraction of sp³-hybridized carbons (Fsp3) is 0. The average molecular weight is 366 g/mol. The maximum absolute atomic E-state index is 5.93. The Morgan fingerprint density at radius 1 is 0.889 bits per heavy atom. The van der Waals surface area contributed by atoms with Gasteiger partial charge in [0, 0.05) is 15.6 Å². The van der Waals surface area contributed by atoms with Crippen LogP contribution >= 0.6 is 31.9 Å². The number of fused-ring (bicyclic) bond motifs is 2. The van der Waals surface area contributed by atoms with Gasteiger partial charge in [0.1, 0.15) is 11.5 Å². The summed E-state index contributed by atoms with van der Waals surface area (Å²) >= 11 is 6.95. The van der Waals surface area contributed by atoms with Crippen molar-refractivity contribution in [2.24, 2.45) is 0 Å². The summed E-state index contributed by atoms with van der Waals surface area (Å²) in [5.74, 6) is 1.68. The summed E-state index contributed by atoms with van der Waals surface area (Å²) in [7, 11) is 0. The van der Waals surface area contributed by atoms with E-state index in [2.05, 4.69) is 31.9 Å². The summed E-state index contributed by atoms with van der Waals surface area (Å²) in [6, 6.07) is 9.90. The van der Waals surface area contributed by atoms with E-state index in [1.54, 1.807) is 6.26 Å². The molecule has 0 bridgehead atoms. The highest BCUT2D eigenvalue weighted by Crippen LogP contribution is 2.49. The van der Waals surface area contributed by atoms with Crippen molar-refractivity contribution in [1.29, 1.82) is 0 Å². The molecule has 1 aromatic heterocycles. The van der Waals surface area contributed by atoms with Crippen molar-refractivity contribution in [2.45, 2.75) is 0 Å². The smallest absolute Gasteiger partial charge is 0.152 e. The van der Waals surface area contributed by atoms with Gasteiger partial charge in [0.05, 0.1) is 16.1 Å². The molecule has 4 rings (SSSR count). The highest BCUT2D eigenvalue weighted by molar-refractivity contribution is 9.11. The molecule has 2 heterocycles. The van der Waals surface area contributed by atoms with E-state index in [0.717, 1.165) is 42.5 Å². The Kier molecular flexibility index (Phi) is 2.14. The molecule has 1 aliphatic heterocycles. The lowest BCUT2D eigenvalue weighted by molar-refractivity contribution is 0.486. The van der Waals surface area contributed by atoms with Crippen LogP contribution in [-0.2, 0) is 0 Å². The van der Waals surface area contributed by atoms with Gasteiger partial charge in [-0.3, -0.25) is 0 Å². The lowest BCUT2D eigenvalue weighted by atomic mass is 10.0. The molecule has 0 unspecified atom stereocenters. The lowest BCUT2D eigenvalue weighted by Crippen LogP contribution is -1.94. The fourth-order valence-corrected chi connectivity index (χ4v) is 3.05. The molecule has 0 atom stereocenters. The molecule has 1 aliphatic rings. The van der Waals surface area contributed by atoms with Crippen molar-refractivity contribution in [1.82, 2.24) is 0 Å². The average Bonchev–Trinajstić information content (AvgIpc) is 2.80. The number of halogens is 2. The molecular weight excluding hydrogens is 360 g/mol. The first kappa shape index (κ1) is 10.6. The van der Waals surface area contributed by atoms with Crippen molar-refractivity contribution in [3.05, 3.63) is 45.5 Å². The van der Waals surface area contributed by atoms with E-state index >= 15 is 0 Å². The molecule has 0 spiro atoms. The van der Waals surface area contributed by atoms with Crippen molar-refractivity contribution in [2.75, 3.05) is 0 Å². The molecule has 0 radical (unpaired) electrons. The number of benzene rings is 2. The molecule has 0 fully saturated rings. The van der Waals surface area contributed by atoms with Gasteiger partial charge in [-0.2, -0.15) is 0 Å². The topological polar surface area (TPSA) is 22.4 Å². The Balaban J connectivity index is 2.15. The molecule has 0 saturated heterocycles. The summed E-state index contributed by atoms with van der Waals surface area (Å²) in [5, 5.41) is 1.03. The number of hydrogen-bond acceptors (Lipinski definition) is 2. The van der Waals surface area contributed by atoms with Crippen LogP contribution in [0.1, 0.15) is 0 Å². The Morgan fingerprint density at radius 2 is 1.78 bits per heavy atom. The van der Waals surface area contributed by atoms with Crippen LogP contribution in [0.2, 0.25) is 0 Å². The van der Waals surface area contributed by atoms with E-state index in [9.17, 15) is 0 Å². The molecule has 2 nitrogen and oxygen atoms in total. The predicted octanol–water partition coefficient (Wildman–Crippen LogP) is 5.73. The summed E-state index contributed by atoms with van der Waals surface area (Å²) in [6.45, 7) is 0. The Hall–Kier alpha value is -1.26. The number of hydrogen-bond donors (Lipinski definition) is 0. The highest BCUT2D eigenvalue weighted by atomic mass is 79.9. The van der Waals surface area contributed by atoms with Crippen LogP contribution in [0.15, 0.2) is 50.0 Å². The minimum atomic E-state index is 0.830. The first-order chi connectivity index (χ1) is 8.74. The van der Waals surface area contributed by atoms with Gasteiger partial charge in [0.15, 0.2) is 5.58 Å². The van der Waals surface area contributed by atoms with Crippen LogP contribution in [0, 0.1) is 0 Å². The van der Waals surface area contributed by atoms with Crippen LogP contribution in [0.3, 0.4) is 0 Å². The summed E-state index contributed by atoms with van der Waals surface area (Å²) < 4.78 is 13.5.